The fraction of sp³-hybridized carbons (Fsp3) is 0.688. The number of hydrogen-bond donors (Lipinski definition) is 1. The van der Waals surface area contributed by atoms with Crippen molar-refractivity contribution < 1.29 is 4.74 Å². The van der Waals surface area contributed by atoms with Crippen molar-refractivity contribution in [3.63, 3.8) is 0 Å². The van der Waals surface area contributed by atoms with E-state index in [0.29, 0.717) is 12.1 Å². The van der Waals surface area contributed by atoms with E-state index < -0.39 is 0 Å². The summed E-state index contributed by atoms with van der Waals surface area (Å²) in [6.45, 7) is 7.47. The summed E-state index contributed by atoms with van der Waals surface area (Å²) in [5, 5.41) is 3.39. The Labute approximate surface area is 116 Å². The van der Waals surface area contributed by atoms with Crippen LogP contribution in [0.1, 0.15) is 52.0 Å². The first-order valence-electron chi connectivity index (χ1n) is 7.48. The monoisotopic (exact) mass is 262 g/mol. The molecule has 0 radical (unpaired) electrons. The van der Waals surface area contributed by atoms with Crippen LogP contribution in [-0.2, 0) is 6.54 Å². The topological polar surface area (TPSA) is 34.1 Å². The summed E-state index contributed by atoms with van der Waals surface area (Å²) < 4.78 is 5.97. The van der Waals surface area contributed by atoms with Crippen LogP contribution in [0.15, 0.2) is 18.3 Å². The number of nitrogens with one attached hydrogen (secondary N) is 1. The van der Waals surface area contributed by atoms with Crippen molar-refractivity contribution in [1.82, 2.24) is 10.3 Å². The smallest absolute Gasteiger partial charge is 0.213 e. The molecule has 0 bridgehead atoms. The van der Waals surface area contributed by atoms with Crippen molar-refractivity contribution in [1.29, 1.82) is 0 Å². The molecule has 1 heterocycles. The molecule has 19 heavy (non-hydrogen) atoms. The Kier molecular flexibility index (Phi) is 5.20. The number of aromatic nitrogens is 1. The van der Waals surface area contributed by atoms with Gasteiger partial charge in [-0.05, 0) is 30.7 Å². The molecule has 3 nitrogen and oxygen atoms in total. The van der Waals surface area contributed by atoms with Gasteiger partial charge < -0.3 is 10.1 Å². The van der Waals surface area contributed by atoms with E-state index in [1.165, 1.54) is 31.2 Å². The van der Waals surface area contributed by atoms with Crippen LogP contribution in [0, 0.1) is 5.92 Å². The van der Waals surface area contributed by atoms with Crippen LogP contribution in [0.25, 0.3) is 0 Å². The molecule has 1 N–H and O–H groups in total. The lowest BCUT2D eigenvalue weighted by atomic mass is 9.89. The average Bonchev–Trinajstić information content (AvgIpc) is 2.38. The Morgan fingerprint density at radius 1 is 1.37 bits per heavy atom. The molecule has 0 amide bonds. The van der Waals surface area contributed by atoms with Crippen LogP contribution in [0.5, 0.6) is 5.88 Å². The molecule has 1 aromatic heterocycles. The molecule has 2 rings (SSSR count). The Morgan fingerprint density at radius 3 is 2.84 bits per heavy atom. The first-order valence-corrected chi connectivity index (χ1v) is 7.48. The van der Waals surface area contributed by atoms with E-state index in [2.05, 4.69) is 37.1 Å². The van der Waals surface area contributed by atoms with Crippen LogP contribution < -0.4 is 10.1 Å². The first kappa shape index (κ1) is 14.3. The van der Waals surface area contributed by atoms with Crippen molar-refractivity contribution in [3.8, 4) is 5.88 Å². The normalized spacial score (nSPS) is 23.6. The Morgan fingerprint density at radius 2 is 2.21 bits per heavy atom. The second-order valence-corrected chi connectivity index (χ2v) is 6.05. The zero-order chi connectivity index (χ0) is 13.7. The van der Waals surface area contributed by atoms with Gasteiger partial charge in [-0.1, -0.05) is 33.3 Å². The third kappa shape index (κ3) is 4.83. The second kappa shape index (κ2) is 6.90. The predicted octanol–water partition coefficient (Wildman–Crippen LogP) is 3.54. The van der Waals surface area contributed by atoms with Crippen molar-refractivity contribution >= 4 is 0 Å². The van der Waals surface area contributed by atoms with Gasteiger partial charge in [-0.2, -0.15) is 0 Å². The van der Waals surface area contributed by atoms with E-state index in [0.717, 1.165) is 18.3 Å². The van der Waals surface area contributed by atoms with Gasteiger partial charge in [0.1, 0.15) is 6.10 Å². The molecule has 2 atom stereocenters. The maximum absolute atomic E-state index is 5.97. The number of nitrogens with zero attached hydrogens (tertiary/aromatic N) is 1. The quantitative estimate of drug-likeness (QED) is 0.881. The minimum absolute atomic E-state index is 0.357. The van der Waals surface area contributed by atoms with Gasteiger partial charge in [-0.25, -0.2) is 4.98 Å². The summed E-state index contributed by atoms with van der Waals surface area (Å²) in [4.78, 5) is 4.41. The van der Waals surface area contributed by atoms with E-state index in [1.807, 2.05) is 12.3 Å². The molecule has 1 saturated carbocycles. The third-order valence-electron chi connectivity index (χ3n) is 3.69. The van der Waals surface area contributed by atoms with Gasteiger partial charge in [0.05, 0.1) is 0 Å². The zero-order valence-electron chi connectivity index (χ0n) is 12.4. The Bertz CT molecular complexity index is 375. The zero-order valence-corrected chi connectivity index (χ0v) is 12.4. The molecule has 106 valence electrons. The second-order valence-electron chi connectivity index (χ2n) is 6.05. The van der Waals surface area contributed by atoms with Gasteiger partial charge >= 0.3 is 0 Å². The van der Waals surface area contributed by atoms with Crippen molar-refractivity contribution in [2.24, 2.45) is 5.92 Å². The van der Waals surface area contributed by atoms with E-state index >= 15 is 0 Å². The molecule has 1 fully saturated rings. The van der Waals surface area contributed by atoms with E-state index in [-0.39, 0.29) is 0 Å². The van der Waals surface area contributed by atoms with Crippen molar-refractivity contribution in [2.45, 2.75) is 65.1 Å². The molecule has 0 aromatic carbocycles. The average molecular weight is 262 g/mol. The predicted molar refractivity (Wildman–Crippen MR) is 78.3 cm³/mol. The van der Waals surface area contributed by atoms with Crippen LogP contribution in [0.2, 0.25) is 0 Å². The Hall–Kier alpha value is -1.09. The minimum atomic E-state index is 0.357. The van der Waals surface area contributed by atoms with Crippen LogP contribution in [0.4, 0.5) is 0 Å². The van der Waals surface area contributed by atoms with E-state index in [4.69, 9.17) is 4.74 Å². The SMILES string of the molecule is CC1CCCC(Oc2ccc(CNC(C)C)cn2)C1. The van der Waals surface area contributed by atoms with Gasteiger partial charge in [0, 0.05) is 24.8 Å². The highest BCUT2D eigenvalue weighted by atomic mass is 16.5. The fourth-order valence-electron chi connectivity index (χ4n) is 2.56. The number of hydrogen-bond acceptors (Lipinski definition) is 3. The maximum atomic E-state index is 5.97. The molecule has 0 spiro atoms. The highest BCUT2D eigenvalue weighted by Crippen LogP contribution is 2.26. The molecular weight excluding hydrogens is 236 g/mol. The third-order valence-corrected chi connectivity index (χ3v) is 3.69. The summed E-state index contributed by atoms with van der Waals surface area (Å²) in [5.41, 5.74) is 1.21. The van der Waals surface area contributed by atoms with Gasteiger partial charge in [-0.15, -0.1) is 0 Å². The summed E-state index contributed by atoms with van der Waals surface area (Å²) in [6.07, 6.45) is 7.23. The highest BCUT2D eigenvalue weighted by Gasteiger charge is 2.20. The van der Waals surface area contributed by atoms with E-state index in [1.54, 1.807) is 0 Å². The molecule has 1 aliphatic rings. The van der Waals surface area contributed by atoms with Gasteiger partial charge in [-0.3, -0.25) is 0 Å². The lowest BCUT2D eigenvalue weighted by Crippen LogP contribution is -2.24. The van der Waals surface area contributed by atoms with Crippen LogP contribution >= 0.6 is 0 Å². The van der Waals surface area contributed by atoms with Gasteiger partial charge in [0.25, 0.3) is 0 Å². The summed E-state index contributed by atoms with van der Waals surface area (Å²) in [7, 11) is 0. The first-order chi connectivity index (χ1) is 9.13. The largest absolute Gasteiger partial charge is 0.474 e. The molecule has 3 heteroatoms. The molecule has 1 aliphatic carbocycles. The van der Waals surface area contributed by atoms with E-state index in [9.17, 15) is 0 Å². The minimum Gasteiger partial charge on any atom is -0.474 e. The molecule has 2 unspecified atom stereocenters. The molecule has 0 aliphatic heterocycles. The summed E-state index contributed by atoms with van der Waals surface area (Å²) in [5.74, 6) is 1.56. The fourth-order valence-corrected chi connectivity index (χ4v) is 2.56. The van der Waals surface area contributed by atoms with Crippen molar-refractivity contribution in [3.05, 3.63) is 23.9 Å². The van der Waals surface area contributed by atoms with Gasteiger partial charge in [0.2, 0.25) is 5.88 Å². The van der Waals surface area contributed by atoms with Gasteiger partial charge in [0.15, 0.2) is 0 Å². The summed E-state index contributed by atoms with van der Waals surface area (Å²) in [6, 6.07) is 4.60. The lowest BCUT2D eigenvalue weighted by Gasteiger charge is -2.26. The number of rotatable bonds is 5. The summed E-state index contributed by atoms with van der Waals surface area (Å²) >= 11 is 0. The van der Waals surface area contributed by atoms with Crippen LogP contribution in [-0.4, -0.2) is 17.1 Å². The maximum Gasteiger partial charge on any atom is 0.213 e. The number of pyridine rings is 1. The van der Waals surface area contributed by atoms with Crippen LogP contribution in [0.3, 0.4) is 0 Å². The van der Waals surface area contributed by atoms with Crippen molar-refractivity contribution in [2.75, 3.05) is 0 Å². The highest BCUT2D eigenvalue weighted by molar-refractivity contribution is 5.18. The molecular formula is C16H26N2O. The molecule has 0 saturated heterocycles. The number of ether oxygens (including phenoxy) is 1. The Balaban J connectivity index is 1.84. The molecule has 1 aromatic rings. The lowest BCUT2D eigenvalue weighted by molar-refractivity contribution is 0.124. The standard InChI is InChI=1S/C16H26N2O/c1-12(2)17-10-14-7-8-16(18-11-14)19-15-6-4-5-13(3)9-15/h7-8,11-13,15,17H,4-6,9-10H2,1-3H3.